The summed E-state index contributed by atoms with van der Waals surface area (Å²) in [6.07, 6.45) is 0. The van der Waals surface area contributed by atoms with Crippen LogP contribution in [0.4, 0.5) is 4.39 Å². The number of thioether (sulfide) groups is 1. The minimum absolute atomic E-state index is 0.127. The third-order valence-corrected chi connectivity index (χ3v) is 4.82. The normalized spacial score (nSPS) is 22.3. The second kappa shape index (κ2) is 5.83. The molecule has 20 heavy (non-hydrogen) atoms. The van der Waals surface area contributed by atoms with Crippen LogP contribution in [0.15, 0.2) is 24.3 Å². The molecule has 1 aliphatic rings. The highest BCUT2D eigenvalue weighted by Crippen LogP contribution is 2.35. The van der Waals surface area contributed by atoms with E-state index in [1.807, 2.05) is 13.8 Å². The molecule has 0 spiro atoms. The summed E-state index contributed by atoms with van der Waals surface area (Å²) in [6.45, 7) is 3.88. The highest BCUT2D eigenvalue weighted by Gasteiger charge is 2.43. The van der Waals surface area contributed by atoms with Gasteiger partial charge < -0.3 is 10.0 Å². The lowest BCUT2D eigenvalue weighted by Gasteiger charge is -2.29. The van der Waals surface area contributed by atoms with E-state index in [1.54, 1.807) is 0 Å². The van der Waals surface area contributed by atoms with Gasteiger partial charge in [-0.25, -0.2) is 9.18 Å². The maximum atomic E-state index is 13.2. The summed E-state index contributed by atoms with van der Waals surface area (Å²) in [5.74, 6) is -1.47. The summed E-state index contributed by atoms with van der Waals surface area (Å²) >= 11 is 1.45. The molecule has 0 saturated carbocycles. The second-order valence-corrected chi connectivity index (χ2v) is 6.19. The molecule has 1 N–H and O–H groups in total. The van der Waals surface area contributed by atoms with E-state index in [9.17, 15) is 19.1 Å². The van der Waals surface area contributed by atoms with Gasteiger partial charge in [0.05, 0.1) is 5.37 Å². The molecular formula is C14H16FNO3S. The zero-order valence-corrected chi connectivity index (χ0v) is 12.1. The number of carboxylic acids is 1. The number of carbonyl (C=O) groups is 2. The fourth-order valence-corrected chi connectivity index (χ4v) is 3.73. The average Bonchev–Trinajstić information content (AvgIpc) is 2.82. The van der Waals surface area contributed by atoms with Crippen molar-refractivity contribution >= 4 is 23.6 Å². The van der Waals surface area contributed by atoms with Crippen molar-refractivity contribution in [3.63, 3.8) is 0 Å². The van der Waals surface area contributed by atoms with Crippen LogP contribution in [0, 0.1) is 11.7 Å². The van der Waals surface area contributed by atoms with Crippen molar-refractivity contribution in [2.75, 3.05) is 5.75 Å². The van der Waals surface area contributed by atoms with E-state index in [4.69, 9.17) is 0 Å². The Balaban J connectivity index is 2.34. The van der Waals surface area contributed by atoms with Gasteiger partial charge in [-0.2, -0.15) is 0 Å². The predicted octanol–water partition coefficient (Wildman–Crippen LogP) is 2.45. The molecule has 1 amide bonds. The first-order valence-electron chi connectivity index (χ1n) is 6.34. The van der Waals surface area contributed by atoms with Crippen LogP contribution in [-0.2, 0) is 4.79 Å². The van der Waals surface area contributed by atoms with E-state index in [0.717, 1.165) is 6.07 Å². The van der Waals surface area contributed by atoms with Gasteiger partial charge in [-0.3, -0.25) is 4.79 Å². The fraction of sp³-hybridized carbons (Fsp3) is 0.429. The van der Waals surface area contributed by atoms with Gasteiger partial charge in [0.1, 0.15) is 11.9 Å². The number of hydrogen-bond acceptors (Lipinski definition) is 3. The molecule has 1 fully saturated rings. The van der Waals surface area contributed by atoms with Crippen molar-refractivity contribution in [3.8, 4) is 0 Å². The summed E-state index contributed by atoms with van der Waals surface area (Å²) in [7, 11) is 0. The molecule has 0 aromatic heterocycles. The van der Waals surface area contributed by atoms with Gasteiger partial charge >= 0.3 is 5.97 Å². The largest absolute Gasteiger partial charge is 0.480 e. The Kier molecular flexibility index (Phi) is 4.32. The van der Waals surface area contributed by atoms with Gasteiger partial charge in [-0.15, -0.1) is 11.8 Å². The minimum atomic E-state index is -1.02. The van der Waals surface area contributed by atoms with Crippen LogP contribution < -0.4 is 0 Å². The van der Waals surface area contributed by atoms with Gasteiger partial charge in [0.2, 0.25) is 0 Å². The highest BCUT2D eigenvalue weighted by molar-refractivity contribution is 8.00. The number of carboxylic acid groups (broad SMARTS) is 1. The number of benzene rings is 1. The third-order valence-electron chi connectivity index (χ3n) is 3.20. The smallest absolute Gasteiger partial charge is 0.327 e. The standard InChI is InChI=1S/C14H16FNO3S/c1-8(2)13-16(11(7-20-13)14(18)19)12(17)9-4-3-5-10(15)6-9/h3-6,8,11,13H,7H2,1-2H3,(H,18,19)/t11-,13+/m0/s1. The van der Waals surface area contributed by atoms with E-state index in [2.05, 4.69) is 0 Å². The molecule has 1 aliphatic heterocycles. The van der Waals surface area contributed by atoms with Crippen LogP contribution in [-0.4, -0.2) is 39.1 Å². The zero-order valence-electron chi connectivity index (χ0n) is 11.2. The topological polar surface area (TPSA) is 57.6 Å². The van der Waals surface area contributed by atoms with Gasteiger partial charge in [-0.1, -0.05) is 19.9 Å². The van der Waals surface area contributed by atoms with Crippen LogP contribution in [0.25, 0.3) is 0 Å². The first-order valence-corrected chi connectivity index (χ1v) is 7.39. The molecule has 0 unspecified atom stereocenters. The summed E-state index contributed by atoms with van der Waals surface area (Å²) in [6, 6.07) is 4.49. The minimum Gasteiger partial charge on any atom is -0.480 e. The van der Waals surface area contributed by atoms with E-state index in [-0.39, 0.29) is 16.9 Å². The quantitative estimate of drug-likeness (QED) is 0.931. The van der Waals surface area contributed by atoms with E-state index >= 15 is 0 Å². The molecule has 6 heteroatoms. The Labute approximate surface area is 121 Å². The van der Waals surface area contributed by atoms with E-state index in [1.165, 1.54) is 34.9 Å². The fourth-order valence-electron chi connectivity index (χ4n) is 2.26. The lowest BCUT2D eigenvalue weighted by molar-refractivity contribution is -0.141. The Bertz CT molecular complexity index is 535. The molecule has 2 rings (SSSR count). The van der Waals surface area contributed by atoms with Crippen LogP contribution in [0.2, 0.25) is 0 Å². The number of amides is 1. The molecule has 0 bridgehead atoms. The van der Waals surface area contributed by atoms with Gasteiger partial charge in [-0.05, 0) is 24.1 Å². The Morgan fingerprint density at radius 3 is 2.70 bits per heavy atom. The van der Waals surface area contributed by atoms with Crippen molar-refractivity contribution in [1.29, 1.82) is 0 Å². The van der Waals surface area contributed by atoms with Crippen LogP contribution >= 0.6 is 11.8 Å². The molecule has 1 heterocycles. The summed E-state index contributed by atoms with van der Waals surface area (Å²) < 4.78 is 13.2. The van der Waals surface area contributed by atoms with Crippen molar-refractivity contribution in [2.45, 2.75) is 25.3 Å². The number of aliphatic carboxylic acids is 1. The molecule has 1 saturated heterocycles. The van der Waals surface area contributed by atoms with Gasteiger partial charge in [0.15, 0.2) is 0 Å². The Hall–Kier alpha value is -1.56. The van der Waals surface area contributed by atoms with Crippen molar-refractivity contribution < 1.29 is 19.1 Å². The molecule has 108 valence electrons. The van der Waals surface area contributed by atoms with Gasteiger partial charge in [0, 0.05) is 11.3 Å². The number of hydrogen-bond donors (Lipinski definition) is 1. The highest BCUT2D eigenvalue weighted by atomic mass is 32.2. The Morgan fingerprint density at radius 1 is 1.45 bits per heavy atom. The van der Waals surface area contributed by atoms with Crippen LogP contribution in [0.3, 0.4) is 0 Å². The number of halogens is 1. The van der Waals surface area contributed by atoms with E-state index < -0.39 is 23.7 Å². The summed E-state index contributed by atoms with van der Waals surface area (Å²) in [5.41, 5.74) is 0.185. The maximum Gasteiger partial charge on any atom is 0.327 e. The number of nitrogens with zero attached hydrogens (tertiary/aromatic N) is 1. The van der Waals surface area contributed by atoms with Crippen LogP contribution in [0.1, 0.15) is 24.2 Å². The van der Waals surface area contributed by atoms with E-state index in [0.29, 0.717) is 5.75 Å². The molecule has 0 radical (unpaired) electrons. The summed E-state index contributed by atoms with van der Waals surface area (Å²) in [4.78, 5) is 25.2. The zero-order chi connectivity index (χ0) is 14.9. The van der Waals surface area contributed by atoms with Crippen molar-refractivity contribution in [1.82, 2.24) is 4.90 Å². The Morgan fingerprint density at radius 2 is 2.15 bits per heavy atom. The average molecular weight is 297 g/mol. The number of rotatable bonds is 3. The summed E-state index contributed by atoms with van der Waals surface area (Å²) in [5, 5.41) is 9.05. The molecule has 0 aliphatic carbocycles. The van der Waals surface area contributed by atoms with Gasteiger partial charge in [0.25, 0.3) is 5.91 Å². The second-order valence-electron chi connectivity index (χ2n) is 5.04. The first-order chi connectivity index (χ1) is 9.41. The van der Waals surface area contributed by atoms with Crippen molar-refractivity contribution in [3.05, 3.63) is 35.6 Å². The lowest BCUT2D eigenvalue weighted by atomic mass is 10.1. The lowest BCUT2D eigenvalue weighted by Crippen LogP contribution is -2.47. The maximum absolute atomic E-state index is 13.2. The SMILES string of the molecule is CC(C)[C@H]1SC[C@@H](C(=O)O)N1C(=O)c1cccc(F)c1. The molecule has 4 nitrogen and oxygen atoms in total. The molecule has 1 aromatic carbocycles. The molecular weight excluding hydrogens is 281 g/mol. The first kappa shape index (κ1) is 14.8. The number of carbonyl (C=O) groups excluding carboxylic acids is 1. The molecule has 1 aromatic rings. The third kappa shape index (κ3) is 2.80. The monoisotopic (exact) mass is 297 g/mol. The molecule has 2 atom stereocenters. The van der Waals surface area contributed by atoms with Crippen LogP contribution in [0.5, 0.6) is 0 Å². The predicted molar refractivity (Wildman–Crippen MR) is 75.1 cm³/mol. The van der Waals surface area contributed by atoms with Crippen molar-refractivity contribution in [2.24, 2.45) is 5.92 Å².